The minimum absolute atomic E-state index is 0.0316. The average Bonchev–Trinajstić information content (AvgIpc) is 2.53. The van der Waals surface area contributed by atoms with Gasteiger partial charge < -0.3 is 0 Å². The topological polar surface area (TPSA) is 12.9 Å². The van der Waals surface area contributed by atoms with Crippen LogP contribution in [0.2, 0.25) is 5.02 Å². The molecule has 0 atom stereocenters. The van der Waals surface area contributed by atoms with Gasteiger partial charge in [-0.3, -0.25) is 4.98 Å². The van der Waals surface area contributed by atoms with Crippen LogP contribution in [0.1, 0.15) is 0 Å². The van der Waals surface area contributed by atoms with Crippen molar-refractivity contribution in [1.29, 1.82) is 0 Å². The van der Waals surface area contributed by atoms with Gasteiger partial charge in [-0.05, 0) is 24.3 Å². The molecule has 0 aliphatic rings. The van der Waals surface area contributed by atoms with E-state index in [1.54, 1.807) is 0 Å². The second kappa shape index (κ2) is 6.01. The van der Waals surface area contributed by atoms with Gasteiger partial charge in [-0.15, -0.1) is 0 Å². The monoisotopic (exact) mass is 337 g/mol. The maximum absolute atomic E-state index is 14.1. The highest BCUT2D eigenvalue weighted by molar-refractivity contribution is 6.30. The Kier molecular flexibility index (Phi) is 4.05. The average molecular weight is 338 g/mol. The van der Waals surface area contributed by atoms with E-state index in [2.05, 4.69) is 4.98 Å². The number of halogens is 5. The molecule has 3 aromatic rings. The summed E-state index contributed by atoms with van der Waals surface area (Å²) < 4.78 is 55.1. The van der Waals surface area contributed by atoms with Crippen LogP contribution in [0.3, 0.4) is 0 Å². The lowest BCUT2D eigenvalue weighted by molar-refractivity contribution is 0.510. The third-order valence-electron chi connectivity index (χ3n) is 3.30. The molecule has 116 valence electrons. The van der Waals surface area contributed by atoms with Crippen LogP contribution in [0.5, 0.6) is 0 Å². The van der Waals surface area contributed by atoms with Gasteiger partial charge in [-0.2, -0.15) is 0 Å². The van der Waals surface area contributed by atoms with Crippen LogP contribution < -0.4 is 0 Å². The number of pyridine rings is 1. The van der Waals surface area contributed by atoms with Gasteiger partial charge in [-0.25, -0.2) is 17.6 Å². The fourth-order valence-electron chi connectivity index (χ4n) is 2.26. The Morgan fingerprint density at radius 1 is 0.739 bits per heavy atom. The van der Waals surface area contributed by atoms with Crippen molar-refractivity contribution in [2.75, 3.05) is 0 Å². The SMILES string of the molecule is Fc1cccc(-c2cc(Cl)cnc2-c2cccc(F)c2F)c1F. The normalized spacial score (nSPS) is 10.8. The zero-order valence-corrected chi connectivity index (χ0v) is 12.2. The maximum atomic E-state index is 14.1. The number of rotatable bonds is 2. The number of aromatic nitrogens is 1. The van der Waals surface area contributed by atoms with E-state index in [4.69, 9.17) is 11.6 Å². The number of nitrogens with zero attached hydrogens (tertiary/aromatic N) is 1. The van der Waals surface area contributed by atoms with E-state index >= 15 is 0 Å². The van der Waals surface area contributed by atoms with Crippen molar-refractivity contribution >= 4 is 11.6 Å². The molecule has 1 heterocycles. The largest absolute Gasteiger partial charge is 0.254 e. The van der Waals surface area contributed by atoms with Crippen LogP contribution in [-0.2, 0) is 0 Å². The summed E-state index contributed by atoms with van der Waals surface area (Å²) in [6.07, 6.45) is 1.22. The first-order chi connectivity index (χ1) is 11.0. The van der Waals surface area contributed by atoms with Gasteiger partial charge in [0.25, 0.3) is 0 Å². The summed E-state index contributed by atoms with van der Waals surface area (Å²) in [6, 6.07) is 8.46. The number of hydrogen-bond donors (Lipinski definition) is 0. The van der Waals surface area contributed by atoms with Crippen molar-refractivity contribution in [3.63, 3.8) is 0 Å². The van der Waals surface area contributed by atoms with Gasteiger partial charge in [0, 0.05) is 22.9 Å². The van der Waals surface area contributed by atoms with Gasteiger partial charge in [0.15, 0.2) is 23.3 Å². The molecule has 0 amide bonds. The molecule has 0 spiro atoms. The van der Waals surface area contributed by atoms with E-state index in [-0.39, 0.29) is 27.4 Å². The van der Waals surface area contributed by atoms with Crippen LogP contribution >= 0.6 is 11.6 Å². The van der Waals surface area contributed by atoms with Gasteiger partial charge in [0.1, 0.15) is 0 Å². The summed E-state index contributed by atoms with van der Waals surface area (Å²) in [6.45, 7) is 0. The first-order valence-electron chi connectivity index (χ1n) is 6.53. The van der Waals surface area contributed by atoms with Crippen molar-refractivity contribution in [2.45, 2.75) is 0 Å². The van der Waals surface area contributed by atoms with Gasteiger partial charge >= 0.3 is 0 Å². The van der Waals surface area contributed by atoms with Gasteiger partial charge in [0.05, 0.1) is 10.7 Å². The van der Waals surface area contributed by atoms with Gasteiger partial charge in [0.2, 0.25) is 0 Å². The van der Waals surface area contributed by atoms with Gasteiger partial charge in [-0.1, -0.05) is 29.8 Å². The molecule has 1 nitrogen and oxygen atoms in total. The van der Waals surface area contributed by atoms with Crippen molar-refractivity contribution in [3.05, 3.63) is 77.0 Å². The van der Waals surface area contributed by atoms with Crippen molar-refractivity contribution in [3.8, 4) is 22.4 Å². The second-order valence-corrected chi connectivity index (χ2v) is 5.19. The molecule has 1 aromatic heterocycles. The minimum Gasteiger partial charge on any atom is -0.254 e. The van der Waals surface area contributed by atoms with Crippen LogP contribution in [0, 0.1) is 23.3 Å². The lowest BCUT2D eigenvalue weighted by Gasteiger charge is -2.12. The third kappa shape index (κ3) is 2.80. The quantitative estimate of drug-likeness (QED) is 0.553. The fraction of sp³-hybridized carbons (Fsp3) is 0. The third-order valence-corrected chi connectivity index (χ3v) is 3.51. The van der Waals surface area contributed by atoms with E-state index in [1.807, 2.05) is 0 Å². The summed E-state index contributed by atoms with van der Waals surface area (Å²) in [5, 5.41) is 0.157. The summed E-state index contributed by atoms with van der Waals surface area (Å²) in [5.41, 5.74) is -0.270. The molecule has 0 bridgehead atoms. The molecule has 0 radical (unpaired) electrons. The van der Waals surface area contributed by atoms with E-state index < -0.39 is 23.3 Å². The number of hydrogen-bond acceptors (Lipinski definition) is 1. The first kappa shape index (κ1) is 15.5. The standard InChI is InChI=1S/C17H8ClF4N/c18-9-7-12(10-3-1-5-13(19)15(10)21)17(23-8-9)11-4-2-6-14(20)16(11)22/h1-8H. The Morgan fingerprint density at radius 2 is 1.30 bits per heavy atom. The van der Waals surface area contributed by atoms with Crippen LogP contribution in [0.25, 0.3) is 22.4 Å². The Hall–Kier alpha value is -2.40. The Bertz CT molecular complexity index is 896. The van der Waals surface area contributed by atoms with Crippen molar-refractivity contribution < 1.29 is 17.6 Å². The fourth-order valence-corrected chi connectivity index (χ4v) is 2.42. The van der Waals surface area contributed by atoms with Crippen LogP contribution in [0.15, 0.2) is 48.7 Å². The van der Waals surface area contributed by atoms with E-state index in [0.717, 1.165) is 12.1 Å². The smallest absolute Gasteiger partial charge is 0.168 e. The summed E-state index contributed by atoms with van der Waals surface area (Å²) in [5.74, 6) is -4.37. The summed E-state index contributed by atoms with van der Waals surface area (Å²) in [4.78, 5) is 3.97. The Labute approximate surface area is 134 Å². The van der Waals surface area contributed by atoms with E-state index in [1.165, 1.54) is 36.5 Å². The highest BCUT2D eigenvalue weighted by Crippen LogP contribution is 2.35. The molecule has 6 heteroatoms. The molecule has 23 heavy (non-hydrogen) atoms. The molecule has 0 aliphatic heterocycles. The molecule has 0 saturated heterocycles. The number of benzene rings is 2. The zero-order valence-electron chi connectivity index (χ0n) is 11.5. The summed E-state index contributed by atoms with van der Waals surface area (Å²) >= 11 is 5.87. The molecule has 0 saturated carbocycles. The second-order valence-electron chi connectivity index (χ2n) is 4.75. The molecule has 0 aliphatic carbocycles. The van der Waals surface area contributed by atoms with Crippen molar-refractivity contribution in [1.82, 2.24) is 4.98 Å². The first-order valence-corrected chi connectivity index (χ1v) is 6.91. The van der Waals surface area contributed by atoms with Crippen molar-refractivity contribution in [2.24, 2.45) is 0 Å². The minimum atomic E-state index is -1.12. The molecular weight excluding hydrogens is 330 g/mol. The molecule has 3 rings (SSSR count). The Balaban J connectivity index is 2.32. The highest BCUT2D eigenvalue weighted by Gasteiger charge is 2.19. The predicted molar refractivity (Wildman–Crippen MR) is 80.0 cm³/mol. The molecular formula is C17H8ClF4N. The summed E-state index contributed by atoms with van der Waals surface area (Å²) in [7, 11) is 0. The van der Waals surface area contributed by atoms with E-state index in [0.29, 0.717) is 0 Å². The molecule has 0 N–H and O–H groups in total. The zero-order chi connectivity index (χ0) is 16.6. The molecule has 2 aromatic carbocycles. The van der Waals surface area contributed by atoms with E-state index in [9.17, 15) is 17.6 Å². The lowest BCUT2D eigenvalue weighted by atomic mass is 9.98. The predicted octanol–water partition coefficient (Wildman–Crippen LogP) is 5.63. The molecule has 0 fully saturated rings. The lowest BCUT2D eigenvalue weighted by Crippen LogP contribution is -1.97. The maximum Gasteiger partial charge on any atom is 0.168 e. The molecule has 0 unspecified atom stereocenters. The Morgan fingerprint density at radius 3 is 1.96 bits per heavy atom. The van der Waals surface area contributed by atoms with Crippen LogP contribution in [0.4, 0.5) is 17.6 Å². The van der Waals surface area contributed by atoms with Crippen LogP contribution in [-0.4, -0.2) is 4.98 Å². The highest BCUT2D eigenvalue weighted by atomic mass is 35.5.